The number of nitrogens with two attached hydrogens (primary N) is 1. The Hall–Kier alpha value is -2.29. The number of benzene rings is 1. The number of carboxylic acid groups (broad SMARTS) is 1. The second-order valence-electron chi connectivity index (χ2n) is 6.22. The summed E-state index contributed by atoms with van der Waals surface area (Å²) < 4.78 is 39.1. The first-order valence-electron chi connectivity index (χ1n) is 7.87. The molecule has 2 aliphatic rings. The number of likely N-dealkylation sites (tertiary alicyclic amines) is 1. The summed E-state index contributed by atoms with van der Waals surface area (Å²) in [4.78, 5) is 22.2. The Balaban J connectivity index is 0.000000701. The monoisotopic (exact) mass is 359 g/mol. The van der Waals surface area contributed by atoms with Crippen molar-refractivity contribution in [2.75, 3.05) is 13.1 Å². The summed E-state index contributed by atoms with van der Waals surface area (Å²) in [6.07, 6.45) is 2.06. The lowest BCUT2D eigenvalue weighted by Crippen LogP contribution is -2.53. The number of nitrogens with one attached hydrogen (secondary N) is 1. The highest BCUT2D eigenvalue weighted by Crippen LogP contribution is 2.35. The van der Waals surface area contributed by atoms with Gasteiger partial charge in [0, 0.05) is 25.7 Å². The average molecular weight is 359 g/mol. The van der Waals surface area contributed by atoms with Crippen molar-refractivity contribution in [2.45, 2.75) is 25.4 Å². The molecule has 2 fully saturated rings. The van der Waals surface area contributed by atoms with Gasteiger partial charge in [0.25, 0.3) is 6.47 Å². The van der Waals surface area contributed by atoms with Crippen LogP contribution in [0.3, 0.4) is 0 Å². The van der Waals surface area contributed by atoms with Crippen LogP contribution in [0.5, 0.6) is 0 Å². The first-order chi connectivity index (χ1) is 11.9. The Morgan fingerprint density at radius 2 is 1.72 bits per heavy atom. The van der Waals surface area contributed by atoms with Crippen molar-refractivity contribution in [1.29, 1.82) is 0 Å². The van der Waals surface area contributed by atoms with Gasteiger partial charge in [0.1, 0.15) is 0 Å². The lowest BCUT2D eigenvalue weighted by atomic mass is 9.93. The van der Waals surface area contributed by atoms with E-state index in [1.807, 2.05) is 0 Å². The molecule has 1 saturated carbocycles. The lowest BCUT2D eigenvalue weighted by Gasteiger charge is -2.36. The van der Waals surface area contributed by atoms with Crippen LogP contribution in [0.25, 0.3) is 0 Å². The number of hydrogen-bond acceptors (Lipinski definition) is 3. The minimum absolute atomic E-state index is 0.0508. The molecule has 1 aromatic carbocycles. The highest BCUT2D eigenvalue weighted by atomic mass is 19.2. The molecule has 1 aromatic rings. The van der Waals surface area contributed by atoms with Gasteiger partial charge >= 0.3 is 6.03 Å². The predicted molar refractivity (Wildman–Crippen MR) is 83.0 cm³/mol. The number of urea groups is 1. The van der Waals surface area contributed by atoms with E-state index in [1.165, 1.54) is 0 Å². The van der Waals surface area contributed by atoms with Gasteiger partial charge in [-0.25, -0.2) is 18.0 Å². The number of carbonyl (C=O) groups is 2. The molecule has 0 radical (unpaired) electrons. The van der Waals surface area contributed by atoms with E-state index in [0.29, 0.717) is 24.9 Å². The summed E-state index contributed by atoms with van der Waals surface area (Å²) in [5.74, 6) is -3.37. The fourth-order valence-corrected chi connectivity index (χ4v) is 3.43. The Morgan fingerprint density at radius 1 is 1.24 bits per heavy atom. The number of amides is 2. The summed E-state index contributed by atoms with van der Waals surface area (Å²) in [5.41, 5.74) is 6.26. The van der Waals surface area contributed by atoms with Crippen LogP contribution in [-0.2, 0) is 11.3 Å². The third-order valence-corrected chi connectivity index (χ3v) is 4.68. The van der Waals surface area contributed by atoms with Crippen molar-refractivity contribution >= 4 is 12.5 Å². The van der Waals surface area contributed by atoms with Crippen molar-refractivity contribution in [3.05, 3.63) is 35.1 Å². The van der Waals surface area contributed by atoms with Crippen LogP contribution in [0, 0.1) is 29.3 Å². The maximum Gasteiger partial charge on any atom is 0.317 e. The summed E-state index contributed by atoms with van der Waals surface area (Å²) in [6, 6.07) is 1.64. The largest absolute Gasteiger partial charge is 0.483 e. The molecule has 0 aromatic heterocycles. The van der Waals surface area contributed by atoms with Crippen LogP contribution >= 0.6 is 0 Å². The molecule has 25 heavy (non-hydrogen) atoms. The third kappa shape index (κ3) is 4.41. The molecule has 1 aliphatic heterocycles. The minimum atomic E-state index is -1.50. The molecule has 1 unspecified atom stereocenters. The van der Waals surface area contributed by atoms with Gasteiger partial charge in [-0.3, -0.25) is 4.79 Å². The zero-order chi connectivity index (χ0) is 18.6. The molecule has 1 heterocycles. The van der Waals surface area contributed by atoms with Crippen LogP contribution < -0.4 is 11.1 Å². The van der Waals surface area contributed by atoms with Crippen molar-refractivity contribution in [1.82, 2.24) is 10.2 Å². The van der Waals surface area contributed by atoms with Crippen LogP contribution in [0.2, 0.25) is 0 Å². The lowest BCUT2D eigenvalue weighted by molar-refractivity contribution is -0.122. The van der Waals surface area contributed by atoms with E-state index in [-0.39, 0.29) is 30.7 Å². The number of piperidine rings is 1. The van der Waals surface area contributed by atoms with Crippen LogP contribution in [0.4, 0.5) is 18.0 Å². The van der Waals surface area contributed by atoms with Gasteiger partial charge in [0.2, 0.25) is 0 Å². The first kappa shape index (κ1) is 19.0. The zero-order valence-electron chi connectivity index (χ0n) is 13.4. The van der Waals surface area contributed by atoms with Gasteiger partial charge in [-0.05, 0) is 42.4 Å². The topological polar surface area (TPSA) is 95.7 Å². The summed E-state index contributed by atoms with van der Waals surface area (Å²) >= 11 is 0. The molecule has 6 nitrogen and oxygen atoms in total. The molecule has 9 heteroatoms. The number of hydrogen-bond donors (Lipinski definition) is 3. The van der Waals surface area contributed by atoms with Gasteiger partial charge in [0.15, 0.2) is 17.5 Å². The first-order valence-corrected chi connectivity index (χ1v) is 7.87. The van der Waals surface area contributed by atoms with E-state index in [1.54, 1.807) is 4.90 Å². The Bertz CT molecular complexity index is 607. The highest BCUT2D eigenvalue weighted by molar-refractivity contribution is 5.74. The van der Waals surface area contributed by atoms with E-state index < -0.39 is 17.5 Å². The van der Waals surface area contributed by atoms with Crippen molar-refractivity contribution in [3.8, 4) is 0 Å². The maximum atomic E-state index is 13.1. The molecular weight excluding hydrogens is 339 g/mol. The molecular formula is C16H20F3N3O3. The summed E-state index contributed by atoms with van der Waals surface area (Å²) in [7, 11) is 0. The second-order valence-corrected chi connectivity index (χ2v) is 6.22. The Kier molecular flexibility index (Phi) is 6.24. The zero-order valence-corrected chi connectivity index (χ0v) is 13.4. The fraction of sp³-hybridized carbons (Fsp3) is 0.500. The molecule has 2 bridgehead atoms. The number of rotatable bonds is 2. The van der Waals surface area contributed by atoms with E-state index in [4.69, 9.17) is 15.6 Å². The molecule has 1 saturated heterocycles. The van der Waals surface area contributed by atoms with Crippen LogP contribution in [-0.4, -0.2) is 41.6 Å². The minimum Gasteiger partial charge on any atom is -0.483 e. The van der Waals surface area contributed by atoms with E-state index in [0.717, 1.165) is 25.0 Å². The molecule has 2 amide bonds. The average Bonchev–Trinajstić information content (AvgIpc) is 2.79. The van der Waals surface area contributed by atoms with E-state index in [2.05, 4.69) is 5.32 Å². The SMILES string of the molecule is NC1[C@@H]2CC[C@H]1CN(C(=O)NCc1cc(F)c(F)c(F)c1)C2.O=CO. The normalized spacial score (nSPS) is 24.3. The van der Waals surface area contributed by atoms with Gasteiger partial charge in [-0.1, -0.05) is 0 Å². The van der Waals surface area contributed by atoms with E-state index in [9.17, 15) is 18.0 Å². The van der Waals surface area contributed by atoms with Gasteiger partial charge in [-0.15, -0.1) is 0 Å². The van der Waals surface area contributed by atoms with Crippen molar-refractivity contribution in [3.63, 3.8) is 0 Å². The maximum absolute atomic E-state index is 13.1. The molecule has 1 aliphatic carbocycles. The van der Waals surface area contributed by atoms with Gasteiger partial charge in [0.05, 0.1) is 0 Å². The third-order valence-electron chi connectivity index (χ3n) is 4.68. The fourth-order valence-electron chi connectivity index (χ4n) is 3.43. The summed E-state index contributed by atoms with van der Waals surface area (Å²) in [5, 5.41) is 9.51. The molecule has 3 rings (SSSR count). The van der Waals surface area contributed by atoms with Crippen LogP contribution in [0.1, 0.15) is 18.4 Å². The van der Waals surface area contributed by atoms with Crippen molar-refractivity contribution < 1.29 is 27.9 Å². The predicted octanol–water partition coefficient (Wildman–Crippen LogP) is 1.68. The second kappa shape index (κ2) is 8.19. The number of halogens is 3. The van der Waals surface area contributed by atoms with Gasteiger partial charge < -0.3 is 21.1 Å². The van der Waals surface area contributed by atoms with E-state index >= 15 is 0 Å². The standard InChI is InChI=1S/C15H18F3N3O.CH2O2/c16-11-3-8(4-12(17)13(11)18)5-20-15(22)21-6-9-1-2-10(7-21)14(9)19;2-1-3/h3-4,9-10,14H,1-2,5-7,19H2,(H,20,22);1H,(H,2,3)/t9-,10+,14?;. The quantitative estimate of drug-likeness (QED) is 0.553. The Morgan fingerprint density at radius 3 is 2.20 bits per heavy atom. The Labute approximate surface area is 142 Å². The number of carbonyl (C=O) groups excluding carboxylic acids is 1. The smallest absolute Gasteiger partial charge is 0.317 e. The van der Waals surface area contributed by atoms with Gasteiger partial charge in [-0.2, -0.15) is 0 Å². The molecule has 4 N–H and O–H groups in total. The molecule has 3 atom stereocenters. The summed E-state index contributed by atoms with van der Waals surface area (Å²) in [6.45, 7) is 0.913. The van der Waals surface area contributed by atoms with Crippen molar-refractivity contribution in [2.24, 2.45) is 17.6 Å². The number of nitrogens with zero attached hydrogens (tertiary/aromatic N) is 1. The molecule has 0 spiro atoms. The number of fused-ring (bicyclic) bond motifs is 2. The molecule has 138 valence electrons. The highest BCUT2D eigenvalue weighted by Gasteiger charge is 2.41. The van der Waals surface area contributed by atoms with Crippen LogP contribution in [0.15, 0.2) is 12.1 Å².